The van der Waals surface area contributed by atoms with Crippen LogP contribution in [0.5, 0.6) is 0 Å². The molecule has 140 valence electrons. The van der Waals surface area contributed by atoms with Crippen molar-refractivity contribution < 1.29 is 9.59 Å². The van der Waals surface area contributed by atoms with Gasteiger partial charge in [0.05, 0.1) is 11.0 Å². The molecule has 2 aromatic rings. The summed E-state index contributed by atoms with van der Waals surface area (Å²) in [6.07, 6.45) is 1.76. The molecule has 2 N–H and O–H groups in total. The number of amides is 2. The summed E-state index contributed by atoms with van der Waals surface area (Å²) in [5.41, 5.74) is 1.54. The number of hydrogen-bond acceptors (Lipinski definition) is 3. The van der Waals surface area contributed by atoms with E-state index >= 15 is 0 Å². The van der Waals surface area contributed by atoms with E-state index in [0.717, 1.165) is 29.7 Å². The monoisotopic (exact) mass is 356 g/mol. The molecule has 1 aliphatic heterocycles. The van der Waals surface area contributed by atoms with E-state index in [4.69, 9.17) is 4.98 Å². The highest BCUT2D eigenvalue weighted by molar-refractivity contribution is 5.89. The summed E-state index contributed by atoms with van der Waals surface area (Å²) < 4.78 is 0. The summed E-state index contributed by atoms with van der Waals surface area (Å²) >= 11 is 0. The van der Waals surface area contributed by atoms with Gasteiger partial charge in [-0.05, 0) is 31.9 Å². The predicted octanol–water partition coefficient (Wildman–Crippen LogP) is 2.82. The average Bonchev–Trinajstić information content (AvgIpc) is 3.04. The van der Waals surface area contributed by atoms with Crippen molar-refractivity contribution in [3.05, 3.63) is 30.1 Å². The lowest BCUT2D eigenvalue weighted by atomic mass is 9.94. The number of piperidine rings is 1. The number of aromatic amines is 1. The molecule has 26 heavy (non-hydrogen) atoms. The molecule has 2 amide bonds. The van der Waals surface area contributed by atoms with Crippen LogP contribution in [0.4, 0.5) is 0 Å². The Morgan fingerprint density at radius 3 is 2.50 bits per heavy atom. The van der Waals surface area contributed by atoms with E-state index in [0.29, 0.717) is 19.0 Å². The third-order valence-corrected chi connectivity index (χ3v) is 5.00. The Labute approximate surface area is 154 Å². The average molecular weight is 356 g/mol. The van der Waals surface area contributed by atoms with Gasteiger partial charge >= 0.3 is 0 Å². The lowest BCUT2D eigenvalue weighted by molar-refractivity contribution is -0.138. The zero-order valence-corrected chi connectivity index (χ0v) is 16.0. The number of para-hydroxylation sites is 2. The Kier molecular flexibility index (Phi) is 5.03. The Morgan fingerprint density at radius 1 is 1.23 bits per heavy atom. The second kappa shape index (κ2) is 7.09. The Balaban J connectivity index is 1.57. The summed E-state index contributed by atoms with van der Waals surface area (Å²) in [4.78, 5) is 34.7. The van der Waals surface area contributed by atoms with E-state index in [9.17, 15) is 9.59 Å². The molecule has 0 saturated carbocycles. The van der Waals surface area contributed by atoms with Gasteiger partial charge in [-0.1, -0.05) is 32.9 Å². The van der Waals surface area contributed by atoms with E-state index < -0.39 is 11.5 Å². The van der Waals surface area contributed by atoms with Gasteiger partial charge in [-0.15, -0.1) is 0 Å². The van der Waals surface area contributed by atoms with Crippen molar-refractivity contribution >= 4 is 22.8 Å². The van der Waals surface area contributed by atoms with Crippen LogP contribution in [0.1, 0.15) is 52.3 Å². The summed E-state index contributed by atoms with van der Waals surface area (Å²) in [5, 5.41) is 2.83. The number of aromatic nitrogens is 2. The molecule has 0 unspecified atom stereocenters. The van der Waals surface area contributed by atoms with Crippen LogP contribution in [0, 0.1) is 5.41 Å². The third kappa shape index (κ3) is 3.89. The standard InChI is InChI=1S/C20H28N4O2/c1-13(21-19(26)20(2,3)4)18(25)24-11-9-14(10-12-24)17-22-15-7-5-6-8-16(15)23-17/h5-8,13-14H,9-12H2,1-4H3,(H,21,26)(H,22,23)/t13-/m0/s1. The molecule has 6 heteroatoms. The molecule has 1 aromatic carbocycles. The summed E-state index contributed by atoms with van der Waals surface area (Å²) in [7, 11) is 0. The van der Waals surface area contributed by atoms with Crippen molar-refractivity contribution in [2.75, 3.05) is 13.1 Å². The van der Waals surface area contributed by atoms with Crippen molar-refractivity contribution in [3.63, 3.8) is 0 Å². The topological polar surface area (TPSA) is 78.1 Å². The molecule has 1 atom stereocenters. The van der Waals surface area contributed by atoms with Crippen LogP contribution in [-0.2, 0) is 9.59 Å². The van der Waals surface area contributed by atoms with E-state index in [-0.39, 0.29) is 11.8 Å². The van der Waals surface area contributed by atoms with E-state index in [1.165, 1.54) is 0 Å². The smallest absolute Gasteiger partial charge is 0.244 e. The number of hydrogen-bond donors (Lipinski definition) is 2. The predicted molar refractivity (Wildman–Crippen MR) is 102 cm³/mol. The van der Waals surface area contributed by atoms with Crippen LogP contribution in [0.2, 0.25) is 0 Å². The van der Waals surface area contributed by atoms with Crippen LogP contribution >= 0.6 is 0 Å². The molecule has 1 saturated heterocycles. The Morgan fingerprint density at radius 2 is 1.88 bits per heavy atom. The fourth-order valence-electron chi connectivity index (χ4n) is 3.29. The first kappa shape index (κ1) is 18.4. The molecule has 0 aliphatic carbocycles. The molecule has 0 bridgehead atoms. The van der Waals surface area contributed by atoms with Crippen molar-refractivity contribution in [2.45, 2.75) is 52.5 Å². The lowest BCUT2D eigenvalue weighted by Gasteiger charge is -2.33. The van der Waals surface area contributed by atoms with Gasteiger partial charge in [-0.2, -0.15) is 0 Å². The Hall–Kier alpha value is -2.37. The van der Waals surface area contributed by atoms with Gasteiger partial charge in [-0.25, -0.2) is 4.98 Å². The van der Waals surface area contributed by atoms with Gasteiger partial charge < -0.3 is 15.2 Å². The van der Waals surface area contributed by atoms with Crippen LogP contribution in [0.25, 0.3) is 11.0 Å². The van der Waals surface area contributed by atoms with Gasteiger partial charge in [0.1, 0.15) is 11.9 Å². The molecule has 3 rings (SSSR count). The molecular formula is C20H28N4O2. The fourth-order valence-corrected chi connectivity index (χ4v) is 3.29. The number of H-pyrrole nitrogens is 1. The van der Waals surface area contributed by atoms with Crippen LogP contribution in [0.15, 0.2) is 24.3 Å². The van der Waals surface area contributed by atoms with E-state index in [1.54, 1.807) is 6.92 Å². The minimum absolute atomic E-state index is 0.00865. The number of benzene rings is 1. The highest BCUT2D eigenvalue weighted by Crippen LogP contribution is 2.28. The second-order valence-corrected chi connectivity index (χ2v) is 8.18. The first-order chi connectivity index (χ1) is 12.3. The molecule has 2 heterocycles. The van der Waals surface area contributed by atoms with Crippen molar-refractivity contribution in [1.82, 2.24) is 20.2 Å². The van der Waals surface area contributed by atoms with Gasteiger partial charge in [0, 0.05) is 24.4 Å². The minimum Gasteiger partial charge on any atom is -0.344 e. The molecule has 0 spiro atoms. The SMILES string of the molecule is C[C@H](NC(=O)C(C)(C)C)C(=O)N1CCC(c2nc3ccccc3[nH]2)CC1. The first-order valence-corrected chi connectivity index (χ1v) is 9.30. The third-order valence-electron chi connectivity index (χ3n) is 5.00. The molecule has 1 aliphatic rings. The number of likely N-dealkylation sites (tertiary alicyclic amines) is 1. The summed E-state index contributed by atoms with van der Waals surface area (Å²) in [5.74, 6) is 1.24. The van der Waals surface area contributed by atoms with E-state index in [2.05, 4.69) is 10.3 Å². The number of carbonyl (C=O) groups is 2. The van der Waals surface area contributed by atoms with Crippen molar-refractivity contribution in [3.8, 4) is 0 Å². The van der Waals surface area contributed by atoms with Crippen LogP contribution < -0.4 is 5.32 Å². The number of nitrogens with zero attached hydrogens (tertiary/aromatic N) is 2. The zero-order valence-electron chi connectivity index (χ0n) is 16.0. The molecular weight excluding hydrogens is 328 g/mol. The molecule has 1 aromatic heterocycles. The summed E-state index contributed by atoms with van der Waals surface area (Å²) in [6.45, 7) is 8.68. The normalized spacial score (nSPS) is 17.3. The second-order valence-electron chi connectivity index (χ2n) is 8.18. The van der Waals surface area contributed by atoms with Gasteiger partial charge in [0.2, 0.25) is 11.8 Å². The minimum atomic E-state index is -0.497. The molecule has 0 radical (unpaired) electrons. The van der Waals surface area contributed by atoms with Crippen LogP contribution in [0.3, 0.4) is 0 Å². The number of imidazole rings is 1. The number of carbonyl (C=O) groups excluding carboxylic acids is 2. The van der Waals surface area contributed by atoms with Gasteiger partial charge in [-0.3, -0.25) is 9.59 Å². The number of rotatable bonds is 3. The quantitative estimate of drug-likeness (QED) is 0.888. The maximum absolute atomic E-state index is 12.6. The largest absolute Gasteiger partial charge is 0.344 e. The van der Waals surface area contributed by atoms with Gasteiger partial charge in [0.15, 0.2) is 0 Å². The lowest BCUT2D eigenvalue weighted by Crippen LogP contribution is -2.51. The van der Waals surface area contributed by atoms with Gasteiger partial charge in [0.25, 0.3) is 0 Å². The highest BCUT2D eigenvalue weighted by atomic mass is 16.2. The van der Waals surface area contributed by atoms with Crippen molar-refractivity contribution in [2.24, 2.45) is 5.41 Å². The maximum atomic E-state index is 12.6. The molecule has 1 fully saturated rings. The summed E-state index contributed by atoms with van der Waals surface area (Å²) in [6, 6.07) is 7.53. The Bertz CT molecular complexity index is 764. The molecule has 6 nitrogen and oxygen atoms in total. The zero-order chi connectivity index (χ0) is 18.9. The first-order valence-electron chi connectivity index (χ1n) is 9.30. The maximum Gasteiger partial charge on any atom is 0.244 e. The number of nitrogens with one attached hydrogen (secondary N) is 2. The van der Waals surface area contributed by atoms with E-state index in [1.807, 2.05) is 49.9 Å². The highest BCUT2D eigenvalue weighted by Gasteiger charge is 2.30. The number of fused-ring (bicyclic) bond motifs is 1. The van der Waals surface area contributed by atoms with Crippen LogP contribution in [-0.4, -0.2) is 45.8 Å². The fraction of sp³-hybridized carbons (Fsp3) is 0.550. The van der Waals surface area contributed by atoms with Crippen molar-refractivity contribution in [1.29, 1.82) is 0 Å².